The van der Waals surface area contributed by atoms with Gasteiger partial charge in [0.25, 0.3) is 11.3 Å². The van der Waals surface area contributed by atoms with Gasteiger partial charge in [0.15, 0.2) is 0 Å². The molecule has 4 rings (SSSR count). The summed E-state index contributed by atoms with van der Waals surface area (Å²) in [6.07, 6.45) is 0.176. The van der Waals surface area contributed by atoms with E-state index >= 15 is 0 Å². The second kappa shape index (κ2) is 7.67. The third-order valence-corrected chi connectivity index (χ3v) is 4.45. The van der Waals surface area contributed by atoms with Gasteiger partial charge < -0.3 is 4.90 Å². The molecule has 1 amide bonds. The van der Waals surface area contributed by atoms with Gasteiger partial charge in [0.2, 0.25) is 5.91 Å². The number of anilines is 1. The molecule has 0 saturated heterocycles. The minimum absolute atomic E-state index is 0.0825. The number of H-pyrrole nitrogens is 1. The van der Waals surface area contributed by atoms with Gasteiger partial charge in [-0.15, -0.1) is 0 Å². The van der Waals surface area contributed by atoms with Crippen LogP contribution in [-0.4, -0.2) is 25.5 Å². The van der Waals surface area contributed by atoms with Gasteiger partial charge in [0.05, 0.1) is 13.0 Å². The van der Waals surface area contributed by atoms with Gasteiger partial charge >= 0.3 is 0 Å². The molecule has 0 saturated carbocycles. The Kier molecular flexibility index (Phi) is 4.90. The number of hydrogen-bond donors (Lipinski definition) is 1. The van der Waals surface area contributed by atoms with Crippen LogP contribution in [0.1, 0.15) is 17.1 Å². The molecule has 7 nitrogen and oxygen atoms in total. The number of fused-ring (bicyclic) bond motifs is 1. The third kappa shape index (κ3) is 4.06. The summed E-state index contributed by atoms with van der Waals surface area (Å²) in [6.45, 7) is 1.79. The largest absolute Gasteiger partial charge is 0.305 e. The van der Waals surface area contributed by atoms with Crippen LogP contribution in [0.5, 0.6) is 0 Å². The van der Waals surface area contributed by atoms with Crippen molar-refractivity contribution in [3.63, 3.8) is 0 Å². The van der Waals surface area contributed by atoms with Crippen LogP contribution in [0.25, 0.3) is 5.78 Å². The highest BCUT2D eigenvalue weighted by atomic mass is 19.1. The Morgan fingerprint density at radius 3 is 2.55 bits per heavy atom. The Balaban J connectivity index is 1.68. The Labute approximate surface area is 165 Å². The lowest BCUT2D eigenvalue weighted by atomic mass is 10.1. The number of halogens is 1. The molecule has 0 radical (unpaired) electrons. The first-order chi connectivity index (χ1) is 14.0. The molecule has 0 fully saturated rings. The Morgan fingerprint density at radius 2 is 1.83 bits per heavy atom. The standard InChI is InChI=1S/C21H18FN5O2/c1-14-11-20(29)27-21(23-14)24-18(25-27)13-26(17-9-7-16(22)8-10-17)19(28)12-15-5-3-2-4-6-15/h2-11H,12-13H2,1H3,(H,23,24,25). The number of aromatic nitrogens is 4. The molecule has 146 valence electrons. The monoisotopic (exact) mass is 391 g/mol. The number of carbonyl (C=O) groups excluding carboxylic acids is 1. The van der Waals surface area contributed by atoms with Crippen molar-refractivity contribution >= 4 is 17.4 Å². The Hall–Kier alpha value is -3.81. The summed E-state index contributed by atoms with van der Waals surface area (Å²) in [5, 5.41) is 2.88. The second-order valence-corrected chi connectivity index (χ2v) is 6.66. The zero-order valence-electron chi connectivity index (χ0n) is 15.7. The fourth-order valence-electron chi connectivity index (χ4n) is 3.07. The van der Waals surface area contributed by atoms with Crippen molar-refractivity contribution in [2.75, 3.05) is 4.90 Å². The smallest absolute Gasteiger partial charge is 0.274 e. The van der Waals surface area contributed by atoms with Crippen LogP contribution in [0, 0.1) is 12.7 Å². The van der Waals surface area contributed by atoms with Crippen molar-refractivity contribution in [1.29, 1.82) is 0 Å². The molecular weight excluding hydrogens is 373 g/mol. The average Bonchev–Trinajstić information content (AvgIpc) is 3.10. The van der Waals surface area contributed by atoms with E-state index in [1.807, 2.05) is 30.3 Å². The van der Waals surface area contributed by atoms with E-state index in [1.165, 1.54) is 39.7 Å². The van der Waals surface area contributed by atoms with E-state index in [2.05, 4.69) is 15.1 Å². The summed E-state index contributed by atoms with van der Waals surface area (Å²) >= 11 is 0. The van der Waals surface area contributed by atoms with E-state index in [9.17, 15) is 14.0 Å². The number of nitrogens with one attached hydrogen (secondary N) is 1. The van der Waals surface area contributed by atoms with Crippen molar-refractivity contribution in [3.8, 4) is 0 Å². The first kappa shape index (κ1) is 18.5. The highest BCUT2D eigenvalue weighted by Crippen LogP contribution is 2.19. The van der Waals surface area contributed by atoms with Crippen LogP contribution >= 0.6 is 0 Å². The van der Waals surface area contributed by atoms with Crippen LogP contribution < -0.4 is 10.5 Å². The van der Waals surface area contributed by atoms with Crippen molar-refractivity contribution in [1.82, 2.24) is 19.6 Å². The van der Waals surface area contributed by atoms with E-state index in [1.54, 1.807) is 6.92 Å². The maximum absolute atomic E-state index is 13.4. The van der Waals surface area contributed by atoms with E-state index < -0.39 is 0 Å². The zero-order valence-corrected chi connectivity index (χ0v) is 15.7. The fraction of sp³-hybridized carbons (Fsp3) is 0.143. The van der Waals surface area contributed by atoms with Gasteiger partial charge in [-0.3, -0.25) is 14.7 Å². The maximum Gasteiger partial charge on any atom is 0.274 e. The normalized spacial score (nSPS) is 11.0. The predicted molar refractivity (Wildman–Crippen MR) is 106 cm³/mol. The van der Waals surface area contributed by atoms with E-state index in [4.69, 9.17) is 0 Å². The fourth-order valence-corrected chi connectivity index (χ4v) is 3.07. The maximum atomic E-state index is 13.4. The summed E-state index contributed by atoms with van der Waals surface area (Å²) in [4.78, 5) is 35.2. The number of carbonyl (C=O) groups is 1. The number of hydrogen-bond acceptors (Lipinski definition) is 4. The van der Waals surface area contributed by atoms with Crippen molar-refractivity contribution in [3.05, 3.63) is 93.9 Å². The molecule has 0 unspecified atom stereocenters. The number of aryl methyl sites for hydroxylation is 1. The summed E-state index contributed by atoms with van der Waals surface area (Å²) in [7, 11) is 0. The van der Waals surface area contributed by atoms with Crippen LogP contribution in [0.3, 0.4) is 0 Å². The molecule has 2 aromatic heterocycles. The lowest BCUT2D eigenvalue weighted by molar-refractivity contribution is -0.118. The molecule has 0 aliphatic carbocycles. The van der Waals surface area contributed by atoms with Crippen molar-refractivity contribution < 1.29 is 9.18 Å². The highest BCUT2D eigenvalue weighted by Gasteiger charge is 2.19. The first-order valence-corrected chi connectivity index (χ1v) is 9.05. The number of amides is 1. The molecular formula is C21H18FN5O2. The molecule has 0 atom stereocenters. The lowest BCUT2D eigenvalue weighted by Crippen LogP contribution is -2.32. The lowest BCUT2D eigenvalue weighted by Gasteiger charge is -2.22. The zero-order chi connectivity index (χ0) is 20.4. The van der Waals surface area contributed by atoms with Gasteiger partial charge in [-0.1, -0.05) is 30.3 Å². The molecule has 2 aromatic carbocycles. The van der Waals surface area contributed by atoms with Crippen LogP contribution in [0.2, 0.25) is 0 Å². The van der Waals surface area contributed by atoms with Gasteiger partial charge in [-0.2, -0.15) is 9.50 Å². The van der Waals surface area contributed by atoms with Crippen molar-refractivity contribution in [2.24, 2.45) is 0 Å². The SMILES string of the molecule is Cc1cc(=O)n2[nH]c(CN(C(=O)Cc3ccccc3)c3ccc(F)cc3)nc2n1. The first-order valence-electron chi connectivity index (χ1n) is 9.05. The summed E-state index contributed by atoms with van der Waals surface area (Å²) < 4.78 is 14.6. The van der Waals surface area contributed by atoms with Crippen molar-refractivity contribution in [2.45, 2.75) is 19.9 Å². The van der Waals surface area contributed by atoms with Gasteiger partial charge in [0.1, 0.15) is 11.6 Å². The molecule has 29 heavy (non-hydrogen) atoms. The van der Waals surface area contributed by atoms with E-state index in [-0.39, 0.29) is 36.0 Å². The number of nitrogens with zero attached hydrogens (tertiary/aromatic N) is 4. The van der Waals surface area contributed by atoms with E-state index in [0.717, 1.165) is 5.56 Å². The third-order valence-electron chi connectivity index (χ3n) is 4.45. The highest BCUT2D eigenvalue weighted by molar-refractivity contribution is 5.94. The molecule has 1 N–H and O–H groups in total. The Bertz CT molecular complexity index is 1220. The van der Waals surface area contributed by atoms with Crippen LogP contribution in [0.4, 0.5) is 10.1 Å². The molecule has 0 spiro atoms. The van der Waals surface area contributed by atoms with Gasteiger partial charge in [-0.05, 0) is 36.8 Å². The quantitative estimate of drug-likeness (QED) is 0.567. The Morgan fingerprint density at radius 1 is 1.10 bits per heavy atom. The molecule has 8 heteroatoms. The van der Waals surface area contributed by atoms with Gasteiger partial charge in [-0.25, -0.2) is 9.37 Å². The number of benzene rings is 2. The molecule has 4 aromatic rings. The number of rotatable bonds is 5. The van der Waals surface area contributed by atoms with E-state index in [0.29, 0.717) is 17.2 Å². The second-order valence-electron chi connectivity index (χ2n) is 6.66. The molecule has 0 bridgehead atoms. The molecule has 2 heterocycles. The summed E-state index contributed by atoms with van der Waals surface area (Å²) in [6, 6.07) is 16.4. The van der Waals surface area contributed by atoms with Crippen LogP contribution in [0.15, 0.2) is 65.5 Å². The molecule has 0 aliphatic heterocycles. The van der Waals surface area contributed by atoms with Gasteiger partial charge in [0, 0.05) is 17.4 Å². The predicted octanol–water partition coefficient (Wildman–Crippen LogP) is 2.64. The topological polar surface area (TPSA) is 83.4 Å². The summed E-state index contributed by atoms with van der Waals surface area (Å²) in [5.74, 6) is 0.0597. The minimum atomic E-state index is -0.390. The average molecular weight is 391 g/mol. The van der Waals surface area contributed by atoms with Crippen LogP contribution in [-0.2, 0) is 17.8 Å². The summed E-state index contributed by atoms with van der Waals surface area (Å²) in [5.41, 5.74) is 1.67. The molecule has 0 aliphatic rings. The minimum Gasteiger partial charge on any atom is -0.305 e. The number of aromatic amines is 1.